The van der Waals surface area contributed by atoms with Crippen molar-refractivity contribution in [3.63, 3.8) is 0 Å². The topological polar surface area (TPSA) is 30.0 Å². The van der Waals surface area contributed by atoms with Crippen LogP contribution in [0.25, 0.3) is 11.1 Å². The van der Waals surface area contributed by atoms with Gasteiger partial charge in [0.1, 0.15) is 0 Å². The number of pyridine rings is 1. The van der Waals surface area contributed by atoms with Crippen molar-refractivity contribution < 1.29 is 4.79 Å². The van der Waals surface area contributed by atoms with E-state index in [0.717, 1.165) is 22.3 Å². The summed E-state index contributed by atoms with van der Waals surface area (Å²) in [4.78, 5) is 15.7. The first-order valence-corrected chi connectivity index (χ1v) is 5.62. The van der Waals surface area contributed by atoms with E-state index in [1.54, 1.807) is 13.1 Å². The molecular weight excluding hydrogens is 210 g/mol. The summed E-state index contributed by atoms with van der Waals surface area (Å²) in [6.07, 6.45) is 3.61. The molecule has 86 valence electrons. The van der Waals surface area contributed by atoms with Gasteiger partial charge in [0.05, 0.1) is 0 Å². The Bertz CT molecular complexity index is 573. The van der Waals surface area contributed by atoms with Gasteiger partial charge in [-0.15, -0.1) is 0 Å². The number of carbonyl (C=O) groups is 1. The molecule has 0 aliphatic carbocycles. The average Bonchev–Trinajstić information content (AvgIpc) is 2.30. The molecule has 1 heterocycles. The molecule has 2 heteroatoms. The van der Waals surface area contributed by atoms with Crippen molar-refractivity contribution in [2.75, 3.05) is 0 Å². The van der Waals surface area contributed by atoms with Crippen molar-refractivity contribution in [1.29, 1.82) is 0 Å². The van der Waals surface area contributed by atoms with Crippen LogP contribution in [-0.2, 0) is 0 Å². The Morgan fingerprint density at radius 2 is 1.88 bits per heavy atom. The molecule has 2 nitrogen and oxygen atoms in total. The molecule has 0 aliphatic heterocycles. The van der Waals surface area contributed by atoms with Crippen LogP contribution in [0.15, 0.2) is 36.7 Å². The predicted molar refractivity (Wildman–Crippen MR) is 69.2 cm³/mol. The SMILES string of the molecule is CC(=O)c1cc(-c2cnccc2C)ccc1C. The lowest BCUT2D eigenvalue weighted by Gasteiger charge is -2.08. The van der Waals surface area contributed by atoms with Gasteiger partial charge in [-0.05, 0) is 49.6 Å². The summed E-state index contributed by atoms with van der Waals surface area (Å²) in [5.74, 6) is 0.103. The van der Waals surface area contributed by atoms with Gasteiger partial charge >= 0.3 is 0 Å². The maximum Gasteiger partial charge on any atom is 0.160 e. The normalized spacial score (nSPS) is 10.3. The van der Waals surface area contributed by atoms with Crippen LogP contribution < -0.4 is 0 Å². The summed E-state index contributed by atoms with van der Waals surface area (Å²) in [6, 6.07) is 7.94. The lowest BCUT2D eigenvalue weighted by Crippen LogP contribution is -1.97. The summed E-state index contributed by atoms with van der Waals surface area (Å²) < 4.78 is 0. The fourth-order valence-electron chi connectivity index (χ4n) is 1.94. The largest absolute Gasteiger partial charge is 0.295 e. The summed E-state index contributed by atoms with van der Waals surface area (Å²) in [5.41, 5.74) is 5.09. The molecule has 1 aromatic carbocycles. The molecule has 0 spiro atoms. The van der Waals surface area contributed by atoms with E-state index < -0.39 is 0 Å². The van der Waals surface area contributed by atoms with Crippen molar-refractivity contribution in [2.24, 2.45) is 0 Å². The number of aromatic nitrogens is 1. The molecule has 0 radical (unpaired) electrons. The number of benzene rings is 1. The Hall–Kier alpha value is -1.96. The van der Waals surface area contributed by atoms with Gasteiger partial charge in [-0.25, -0.2) is 0 Å². The summed E-state index contributed by atoms with van der Waals surface area (Å²) >= 11 is 0. The number of carbonyl (C=O) groups excluding carboxylic acids is 1. The highest BCUT2D eigenvalue weighted by Crippen LogP contribution is 2.24. The van der Waals surface area contributed by atoms with E-state index in [2.05, 4.69) is 4.98 Å². The number of ketones is 1. The molecule has 0 bridgehead atoms. The number of hydrogen-bond donors (Lipinski definition) is 0. The van der Waals surface area contributed by atoms with Crippen LogP contribution >= 0.6 is 0 Å². The number of aryl methyl sites for hydroxylation is 2. The molecule has 0 atom stereocenters. The second-order valence-corrected chi connectivity index (χ2v) is 4.28. The molecule has 0 fully saturated rings. The van der Waals surface area contributed by atoms with Crippen molar-refractivity contribution in [2.45, 2.75) is 20.8 Å². The maximum atomic E-state index is 11.5. The summed E-state index contributed by atoms with van der Waals surface area (Å²) in [5, 5.41) is 0. The van der Waals surface area contributed by atoms with Gasteiger partial charge in [0.25, 0.3) is 0 Å². The fourth-order valence-corrected chi connectivity index (χ4v) is 1.94. The highest BCUT2D eigenvalue weighted by atomic mass is 16.1. The van der Waals surface area contributed by atoms with Crippen LogP contribution in [0.1, 0.15) is 28.4 Å². The van der Waals surface area contributed by atoms with E-state index in [1.807, 2.05) is 44.3 Å². The first-order chi connectivity index (χ1) is 8.09. The molecule has 2 rings (SSSR count). The van der Waals surface area contributed by atoms with Gasteiger partial charge in [0.2, 0.25) is 0 Å². The molecular formula is C15H15NO. The molecule has 0 unspecified atom stereocenters. The quantitative estimate of drug-likeness (QED) is 0.731. The molecule has 1 aromatic heterocycles. The van der Waals surface area contributed by atoms with E-state index >= 15 is 0 Å². The Labute approximate surface area is 101 Å². The number of Topliss-reactive ketones (excluding diaryl/α,β-unsaturated/α-hetero) is 1. The lowest BCUT2D eigenvalue weighted by molar-refractivity contribution is 0.101. The van der Waals surface area contributed by atoms with Crippen molar-refractivity contribution >= 4 is 5.78 Å². The first kappa shape index (κ1) is 11.5. The van der Waals surface area contributed by atoms with Gasteiger partial charge in [-0.2, -0.15) is 0 Å². The van der Waals surface area contributed by atoms with E-state index in [-0.39, 0.29) is 5.78 Å². The van der Waals surface area contributed by atoms with Crippen LogP contribution in [0.4, 0.5) is 0 Å². The van der Waals surface area contributed by atoms with Gasteiger partial charge in [0, 0.05) is 23.5 Å². The van der Waals surface area contributed by atoms with Gasteiger partial charge in [-0.1, -0.05) is 12.1 Å². The molecule has 17 heavy (non-hydrogen) atoms. The number of rotatable bonds is 2. The summed E-state index contributed by atoms with van der Waals surface area (Å²) in [6.45, 7) is 5.60. The van der Waals surface area contributed by atoms with Crippen molar-refractivity contribution in [3.05, 3.63) is 53.3 Å². The third-order valence-corrected chi connectivity index (χ3v) is 2.97. The minimum atomic E-state index is 0.103. The van der Waals surface area contributed by atoms with Crippen LogP contribution in [0.2, 0.25) is 0 Å². The van der Waals surface area contributed by atoms with E-state index in [0.29, 0.717) is 0 Å². The lowest BCUT2D eigenvalue weighted by atomic mass is 9.97. The minimum absolute atomic E-state index is 0.103. The van der Waals surface area contributed by atoms with Crippen LogP contribution in [0, 0.1) is 13.8 Å². The monoisotopic (exact) mass is 225 g/mol. The molecule has 0 amide bonds. The highest BCUT2D eigenvalue weighted by Gasteiger charge is 2.07. The second-order valence-electron chi connectivity index (χ2n) is 4.28. The van der Waals surface area contributed by atoms with E-state index in [9.17, 15) is 4.79 Å². The van der Waals surface area contributed by atoms with E-state index in [1.165, 1.54) is 5.56 Å². The third kappa shape index (κ3) is 2.26. The Morgan fingerprint density at radius 3 is 2.53 bits per heavy atom. The third-order valence-electron chi connectivity index (χ3n) is 2.97. The van der Waals surface area contributed by atoms with Crippen LogP contribution in [-0.4, -0.2) is 10.8 Å². The second kappa shape index (κ2) is 4.50. The Kier molecular flexibility index (Phi) is 3.05. The van der Waals surface area contributed by atoms with Crippen molar-refractivity contribution in [1.82, 2.24) is 4.98 Å². The fraction of sp³-hybridized carbons (Fsp3) is 0.200. The molecule has 2 aromatic rings. The van der Waals surface area contributed by atoms with Gasteiger partial charge in [-0.3, -0.25) is 9.78 Å². The Balaban J connectivity index is 2.58. The summed E-state index contributed by atoms with van der Waals surface area (Å²) in [7, 11) is 0. The molecule has 0 aliphatic rings. The Morgan fingerprint density at radius 1 is 1.12 bits per heavy atom. The van der Waals surface area contributed by atoms with E-state index in [4.69, 9.17) is 0 Å². The molecule has 0 saturated carbocycles. The first-order valence-electron chi connectivity index (χ1n) is 5.62. The number of hydrogen-bond acceptors (Lipinski definition) is 2. The number of nitrogens with zero attached hydrogens (tertiary/aromatic N) is 1. The maximum absolute atomic E-state index is 11.5. The smallest absolute Gasteiger partial charge is 0.160 e. The zero-order valence-electron chi connectivity index (χ0n) is 10.3. The minimum Gasteiger partial charge on any atom is -0.295 e. The van der Waals surface area contributed by atoms with Gasteiger partial charge < -0.3 is 0 Å². The van der Waals surface area contributed by atoms with Gasteiger partial charge in [0.15, 0.2) is 5.78 Å². The van der Waals surface area contributed by atoms with Crippen LogP contribution in [0.3, 0.4) is 0 Å². The zero-order valence-corrected chi connectivity index (χ0v) is 10.3. The van der Waals surface area contributed by atoms with Crippen LogP contribution in [0.5, 0.6) is 0 Å². The predicted octanol–water partition coefficient (Wildman–Crippen LogP) is 3.57. The highest BCUT2D eigenvalue weighted by molar-refractivity contribution is 5.96. The standard InChI is InChI=1S/C15H15NO/c1-10-4-5-13(8-14(10)12(3)17)15-9-16-7-6-11(15)2/h4-9H,1-3H3. The zero-order chi connectivity index (χ0) is 12.4. The molecule has 0 saturated heterocycles. The molecule has 0 N–H and O–H groups in total. The average molecular weight is 225 g/mol. The van der Waals surface area contributed by atoms with Crippen molar-refractivity contribution in [3.8, 4) is 11.1 Å².